The Balaban J connectivity index is 1.34. The van der Waals surface area contributed by atoms with Gasteiger partial charge in [0, 0.05) is 37.2 Å². The third-order valence-electron chi connectivity index (χ3n) is 4.29. The molecule has 1 aromatic carbocycles. The SMILES string of the molecule is O=C(NCCNC(=O)c1ccccc1)C1=CN(c2ncnc3[nH]cnc23)CCS1. The number of carbonyl (C=O) groups is 2. The van der Waals surface area contributed by atoms with E-state index in [0.29, 0.717) is 47.1 Å². The zero-order valence-electron chi connectivity index (χ0n) is 15.5. The molecular formula is C19H19N7O2S. The van der Waals surface area contributed by atoms with Crippen LogP contribution in [0.25, 0.3) is 11.2 Å². The minimum atomic E-state index is -0.180. The van der Waals surface area contributed by atoms with Crippen LogP contribution in [0.3, 0.4) is 0 Å². The van der Waals surface area contributed by atoms with Crippen molar-refractivity contribution in [3.63, 3.8) is 0 Å². The summed E-state index contributed by atoms with van der Waals surface area (Å²) in [6.07, 6.45) is 4.83. The Kier molecular flexibility index (Phi) is 5.71. The number of rotatable bonds is 6. The first-order valence-corrected chi connectivity index (χ1v) is 10.1. The van der Waals surface area contributed by atoms with Crippen LogP contribution >= 0.6 is 11.8 Å². The number of aromatic nitrogens is 4. The number of thioether (sulfide) groups is 1. The highest BCUT2D eigenvalue weighted by Gasteiger charge is 2.21. The maximum atomic E-state index is 12.5. The second-order valence-electron chi connectivity index (χ2n) is 6.21. The lowest BCUT2D eigenvalue weighted by Crippen LogP contribution is -2.36. The lowest BCUT2D eigenvalue weighted by molar-refractivity contribution is -0.116. The molecule has 0 aliphatic carbocycles. The first kappa shape index (κ1) is 18.9. The molecular weight excluding hydrogens is 390 g/mol. The molecule has 148 valence electrons. The molecule has 2 amide bonds. The predicted molar refractivity (Wildman–Crippen MR) is 111 cm³/mol. The first-order chi connectivity index (χ1) is 14.2. The van der Waals surface area contributed by atoms with Gasteiger partial charge in [-0.25, -0.2) is 15.0 Å². The third kappa shape index (κ3) is 4.37. The molecule has 0 unspecified atom stereocenters. The number of amides is 2. The summed E-state index contributed by atoms with van der Waals surface area (Å²) in [6, 6.07) is 8.96. The van der Waals surface area contributed by atoms with Crippen LogP contribution in [-0.2, 0) is 4.79 Å². The van der Waals surface area contributed by atoms with E-state index in [1.165, 1.54) is 18.1 Å². The van der Waals surface area contributed by atoms with Gasteiger partial charge in [-0.1, -0.05) is 18.2 Å². The zero-order valence-corrected chi connectivity index (χ0v) is 16.3. The van der Waals surface area contributed by atoms with Crippen molar-refractivity contribution >= 4 is 40.6 Å². The monoisotopic (exact) mass is 409 g/mol. The molecule has 29 heavy (non-hydrogen) atoms. The number of H-pyrrole nitrogens is 1. The van der Waals surface area contributed by atoms with Crippen LogP contribution in [0.5, 0.6) is 0 Å². The molecule has 4 rings (SSSR count). The van der Waals surface area contributed by atoms with Gasteiger partial charge in [-0.2, -0.15) is 0 Å². The molecule has 3 heterocycles. The summed E-state index contributed by atoms with van der Waals surface area (Å²) in [7, 11) is 0. The van der Waals surface area contributed by atoms with Gasteiger partial charge in [-0.05, 0) is 12.1 Å². The molecule has 0 atom stereocenters. The Morgan fingerprint density at radius 2 is 1.86 bits per heavy atom. The van der Waals surface area contributed by atoms with E-state index in [2.05, 4.69) is 30.6 Å². The van der Waals surface area contributed by atoms with Gasteiger partial charge in [0.2, 0.25) is 0 Å². The summed E-state index contributed by atoms with van der Waals surface area (Å²) in [5.41, 5.74) is 1.91. The number of anilines is 1. The lowest BCUT2D eigenvalue weighted by Gasteiger charge is -2.25. The minimum Gasteiger partial charge on any atom is -0.350 e. The van der Waals surface area contributed by atoms with E-state index in [1.807, 2.05) is 23.1 Å². The lowest BCUT2D eigenvalue weighted by atomic mass is 10.2. The summed E-state index contributed by atoms with van der Waals surface area (Å²) in [6.45, 7) is 1.40. The summed E-state index contributed by atoms with van der Waals surface area (Å²) in [5.74, 6) is 1.07. The number of imidazole rings is 1. The smallest absolute Gasteiger partial charge is 0.259 e. The molecule has 0 radical (unpaired) electrons. The average molecular weight is 409 g/mol. The number of nitrogens with zero attached hydrogens (tertiary/aromatic N) is 4. The van der Waals surface area contributed by atoms with Crippen molar-refractivity contribution in [1.29, 1.82) is 0 Å². The Hall–Kier alpha value is -3.40. The first-order valence-electron chi connectivity index (χ1n) is 9.09. The van der Waals surface area contributed by atoms with E-state index < -0.39 is 0 Å². The van der Waals surface area contributed by atoms with Gasteiger partial charge in [0.25, 0.3) is 11.8 Å². The van der Waals surface area contributed by atoms with E-state index in [0.717, 1.165) is 5.75 Å². The molecule has 9 nitrogen and oxygen atoms in total. The Labute approximate surface area is 171 Å². The van der Waals surface area contributed by atoms with Gasteiger partial charge in [0.15, 0.2) is 17.0 Å². The number of aromatic amines is 1. The average Bonchev–Trinajstić information content (AvgIpc) is 3.26. The molecule has 0 bridgehead atoms. The third-order valence-corrected chi connectivity index (χ3v) is 5.28. The minimum absolute atomic E-state index is 0.163. The number of fused-ring (bicyclic) bond motifs is 1. The Bertz CT molecular complexity index is 1050. The predicted octanol–water partition coefficient (Wildman–Crippen LogP) is 1.29. The van der Waals surface area contributed by atoms with Crippen LogP contribution in [-0.4, -0.2) is 57.1 Å². The van der Waals surface area contributed by atoms with Crippen LogP contribution in [0.15, 0.2) is 54.1 Å². The molecule has 0 fully saturated rings. The van der Waals surface area contributed by atoms with Gasteiger partial charge < -0.3 is 20.5 Å². The molecule has 1 aliphatic rings. The molecule has 3 aromatic rings. The van der Waals surface area contributed by atoms with Crippen molar-refractivity contribution in [3.05, 3.63) is 59.7 Å². The molecule has 3 N–H and O–H groups in total. The van der Waals surface area contributed by atoms with Crippen molar-refractivity contribution in [2.24, 2.45) is 0 Å². The summed E-state index contributed by atoms with van der Waals surface area (Å²) in [4.78, 5) is 42.7. The summed E-state index contributed by atoms with van der Waals surface area (Å²) >= 11 is 1.49. The van der Waals surface area contributed by atoms with Crippen LogP contribution < -0.4 is 15.5 Å². The fraction of sp³-hybridized carbons (Fsp3) is 0.211. The molecule has 0 spiro atoms. The largest absolute Gasteiger partial charge is 0.350 e. The van der Waals surface area contributed by atoms with E-state index >= 15 is 0 Å². The summed E-state index contributed by atoms with van der Waals surface area (Å²) < 4.78 is 0. The fourth-order valence-corrected chi connectivity index (χ4v) is 3.79. The normalized spacial score (nSPS) is 13.8. The maximum Gasteiger partial charge on any atom is 0.259 e. The molecule has 0 saturated heterocycles. The van der Waals surface area contributed by atoms with Crippen LogP contribution in [0.2, 0.25) is 0 Å². The van der Waals surface area contributed by atoms with Crippen molar-refractivity contribution < 1.29 is 9.59 Å². The van der Waals surface area contributed by atoms with Gasteiger partial charge in [0.05, 0.1) is 11.2 Å². The number of hydrogen-bond donors (Lipinski definition) is 3. The Morgan fingerprint density at radius 3 is 2.69 bits per heavy atom. The van der Waals surface area contributed by atoms with Crippen molar-refractivity contribution in [2.75, 3.05) is 30.3 Å². The zero-order chi connectivity index (χ0) is 20.1. The summed E-state index contributed by atoms with van der Waals surface area (Å²) in [5, 5.41) is 5.63. The van der Waals surface area contributed by atoms with Crippen molar-refractivity contribution in [3.8, 4) is 0 Å². The molecule has 0 saturated carbocycles. The standard InChI is InChI=1S/C19H19N7O2S/c27-18(13-4-2-1-3-5-13)20-6-7-21-19(28)14-10-26(8-9-29-14)17-15-16(23-11-22-15)24-12-25-17/h1-5,10-12H,6-9H2,(H,20,27)(H,21,28)(H,22,23,24,25). The van der Waals surface area contributed by atoms with Crippen molar-refractivity contribution in [1.82, 2.24) is 30.6 Å². The number of hydrogen-bond acceptors (Lipinski definition) is 7. The second kappa shape index (κ2) is 8.74. The number of nitrogens with one attached hydrogen (secondary N) is 3. The quantitative estimate of drug-likeness (QED) is 0.526. The van der Waals surface area contributed by atoms with E-state index in [4.69, 9.17) is 0 Å². The highest BCUT2D eigenvalue weighted by Crippen LogP contribution is 2.27. The van der Waals surface area contributed by atoms with Crippen LogP contribution in [0.4, 0.5) is 5.82 Å². The highest BCUT2D eigenvalue weighted by atomic mass is 32.2. The highest BCUT2D eigenvalue weighted by molar-refractivity contribution is 8.04. The maximum absolute atomic E-state index is 12.5. The number of benzene rings is 1. The van der Waals surface area contributed by atoms with Crippen LogP contribution in [0.1, 0.15) is 10.4 Å². The van der Waals surface area contributed by atoms with E-state index in [1.54, 1.807) is 24.7 Å². The van der Waals surface area contributed by atoms with Gasteiger partial charge in [0.1, 0.15) is 6.33 Å². The van der Waals surface area contributed by atoms with Gasteiger partial charge >= 0.3 is 0 Å². The number of carbonyl (C=O) groups excluding carboxylic acids is 2. The van der Waals surface area contributed by atoms with Gasteiger partial charge in [-0.15, -0.1) is 11.8 Å². The van der Waals surface area contributed by atoms with Crippen LogP contribution in [0, 0.1) is 0 Å². The topological polar surface area (TPSA) is 116 Å². The second-order valence-corrected chi connectivity index (χ2v) is 7.35. The van der Waals surface area contributed by atoms with E-state index in [-0.39, 0.29) is 11.8 Å². The fourth-order valence-electron chi connectivity index (χ4n) is 2.88. The van der Waals surface area contributed by atoms with Crippen molar-refractivity contribution in [2.45, 2.75) is 0 Å². The molecule has 1 aliphatic heterocycles. The van der Waals surface area contributed by atoms with E-state index in [9.17, 15) is 9.59 Å². The Morgan fingerprint density at radius 1 is 1.07 bits per heavy atom. The van der Waals surface area contributed by atoms with Gasteiger partial charge in [-0.3, -0.25) is 9.59 Å². The molecule has 10 heteroatoms. The molecule has 2 aromatic heterocycles.